The fourth-order valence-electron chi connectivity index (χ4n) is 4.76. The molecule has 0 radical (unpaired) electrons. The van der Waals surface area contributed by atoms with Crippen molar-refractivity contribution in [3.05, 3.63) is 0 Å². The Bertz CT molecular complexity index is 414. The van der Waals surface area contributed by atoms with Gasteiger partial charge in [0, 0.05) is 6.61 Å². The van der Waals surface area contributed by atoms with Crippen molar-refractivity contribution in [2.75, 3.05) is 6.61 Å². The molecule has 23 heavy (non-hydrogen) atoms. The quantitative estimate of drug-likeness (QED) is 0.660. The average molecular weight is 341 g/mol. The van der Waals surface area contributed by atoms with Crippen molar-refractivity contribution in [1.82, 2.24) is 0 Å². The van der Waals surface area contributed by atoms with Crippen LogP contribution in [-0.2, 0) is 4.43 Å². The molecule has 2 nitrogen and oxygen atoms in total. The Hall–Kier alpha value is 0.137. The third-order valence-electron chi connectivity index (χ3n) is 8.07. The molecular weight excluding hydrogens is 300 g/mol. The topological polar surface area (TPSA) is 29.5 Å². The zero-order valence-electron chi connectivity index (χ0n) is 16.7. The molecule has 0 heterocycles. The molecule has 2 aliphatic carbocycles. The number of rotatable bonds is 4. The Kier molecular flexibility index (Phi) is 5.46. The normalized spacial score (nSPS) is 39.7. The van der Waals surface area contributed by atoms with Crippen molar-refractivity contribution >= 4 is 8.32 Å². The summed E-state index contributed by atoms with van der Waals surface area (Å²) in [5, 5.41) is 11.1. The maximum absolute atomic E-state index is 10.8. The van der Waals surface area contributed by atoms with Crippen molar-refractivity contribution in [2.45, 2.75) is 104 Å². The highest BCUT2D eigenvalue weighted by Crippen LogP contribution is 2.60. The van der Waals surface area contributed by atoms with Crippen molar-refractivity contribution in [2.24, 2.45) is 16.7 Å². The summed E-state index contributed by atoms with van der Waals surface area (Å²) in [5.41, 5.74) is 0.304. The predicted octanol–water partition coefficient (Wildman–Crippen LogP) is 5.76. The first-order valence-electron chi connectivity index (χ1n) is 9.76. The molecule has 0 aromatic heterocycles. The van der Waals surface area contributed by atoms with Gasteiger partial charge in [0.15, 0.2) is 8.32 Å². The van der Waals surface area contributed by atoms with Crippen LogP contribution in [0.25, 0.3) is 0 Å². The Morgan fingerprint density at radius 1 is 1.00 bits per heavy atom. The minimum atomic E-state index is -1.69. The summed E-state index contributed by atoms with van der Waals surface area (Å²) in [4.78, 5) is 0. The largest absolute Gasteiger partial charge is 0.417 e. The van der Waals surface area contributed by atoms with E-state index in [-0.39, 0.29) is 22.0 Å². The molecule has 0 aliphatic heterocycles. The van der Waals surface area contributed by atoms with Crippen LogP contribution in [0.15, 0.2) is 0 Å². The van der Waals surface area contributed by atoms with Crippen molar-refractivity contribution in [3.8, 4) is 0 Å². The van der Waals surface area contributed by atoms with Crippen LogP contribution in [0.4, 0.5) is 0 Å². The van der Waals surface area contributed by atoms with Crippen LogP contribution in [0, 0.1) is 16.7 Å². The Morgan fingerprint density at radius 2 is 1.61 bits per heavy atom. The molecule has 0 spiro atoms. The maximum Gasteiger partial charge on any atom is 0.191 e. The SMILES string of the molecule is CC(C)(C)[Si](C)(C)OC[C@@H]1CCC[C@]1(C)[C@@]1(C)CCCC[C@H]1O. The molecule has 0 saturated heterocycles. The minimum absolute atomic E-state index is 0.0726. The highest BCUT2D eigenvalue weighted by Gasteiger charge is 2.55. The van der Waals surface area contributed by atoms with Crippen LogP contribution in [0.2, 0.25) is 18.1 Å². The Balaban J connectivity index is 2.13. The van der Waals surface area contributed by atoms with Gasteiger partial charge in [0.2, 0.25) is 0 Å². The van der Waals surface area contributed by atoms with Gasteiger partial charge in [-0.15, -0.1) is 0 Å². The zero-order valence-corrected chi connectivity index (χ0v) is 17.7. The lowest BCUT2D eigenvalue weighted by Crippen LogP contribution is -2.52. The van der Waals surface area contributed by atoms with E-state index in [0.29, 0.717) is 5.92 Å². The molecule has 0 bridgehead atoms. The van der Waals surface area contributed by atoms with Gasteiger partial charge in [-0.25, -0.2) is 0 Å². The van der Waals surface area contributed by atoms with Gasteiger partial charge >= 0.3 is 0 Å². The van der Waals surface area contributed by atoms with E-state index < -0.39 is 8.32 Å². The predicted molar refractivity (Wildman–Crippen MR) is 101 cm³/mol. The molecule has 3 heteroatoms. The maximum atomic E-state index is 10.8. The van der Waals surface area contributed by atoms with Gasteiger partial charge < -0.3 is 9.53 Å². The summed E-state index contributed by atoms with van der Waals surface area (Å²) in [5.74, 6) is 0.606. The highest BCUT2D eigenvalue weighted by molar-refractivity contribution is 6.74. The molecule has 2 rings (SSSR count). The van der Waals surface area contributed by atoms with Crippen molar-refractivity contribution in [3.63, 3.8) is 0 Å². The van der Waals surface area contributed by atoms with E-state index in [1.54, 1.807) is 0 Å². The highest BCUT2D eigenvalue weighted by atomic mass is 28.4. The van der Waals surface area contributed by atoms with E-state index in [1.165, 1.54) is 38.5 Å². The van der Waals surface area contributed by atoms with Gasteiger partial charge in [-0.1, -0.05) is 53.9 Å². The van der Waals surface area contributed by atoms with E-state index in [2.05, 4.69) is 47.7 Å². The monoisotopic (exact) mass is 340 g/mol. The second-order valence-electron chi connectivity index (χ2n) is 10.3. The van der Waals surface area contributed by atoms with E-state index in [0.717, 1.165) is 13.0 Å². The van der Waals surface area contributed by atoms with Crippen LogP contribution >= 0.6 is 0 Å². The number of hydrogen-bond acceptors (Lipinski definition) is 2. The molecule has 4 atom stereocenters. The summed E-state index contributed by atoms with van der Waals surface area (Å²) in [6, 6.07) is 0. The van der Waals surface area contributed by atoms with Crippen LogP contribution in [0.5, 0.6) is 0 Å². The number of aliphatic hydroxyl groups is 1. The summed E-state index contributed by atoms with van der Waals surface area (Å²) < 4.78 is 6.60. The summed E-state index contributed by atoms with van der Waals surface area (Å²) in [6.45, 7) is 17.4. The molecule has 2 fully saturated rings. The number of hydrogen-bond donors (Lipinski definition) is 1. The first-order chi connectivity index (χ1) is 10.4. The Labute approximate surface area is 145 Å². The van der Waals surface area contributed by atoms with Crippen LogP contribution in [-0.4, -0.2) is 26.1 Å². The van der Waals surface area contributed by atoms with Crippen molar-refractivity contribution in [1.29, 1.82) is 0 Å². The number of aliphatic hydroxyl groups excluding tert-OH is 1. The first-order valence-corrected chi connectivity index (χ1v) is 12.7. The summed E-state index contributed by atoms with van der Waals surface area (Å²) in [7, 11) is -1.69. The van der Waals surface area contributed by atoms with Gasteiger partial charge in [0.1, 0.15) is 0 Å². The van der Waals surface area contributed by atoms with Gasteiger partial charge in [0.25, 0.3) is 0 Å². The molecule has 136 valence electrons. The lowest BCUT2D eigenvalue weighted by molar-refractivity contribution is -0.109. The van der Waals surface area contributed by atoms with E-state index in [1.807, 2.05) is 0 Å². The van der Waals surface area contributed by atoms with Crippen LogP contribution < -0.4 is 0 Å². The molecule has 2 saturated carbocycles. The molecule has 0 amide bonds. The second kappa shape index (κ2) is 6.46. The molecule has 0 unspecified atom stereocenters. The lowest BCUT2D eigenvalue weighted by atomic mass is 9.54. The van der Waals surface area contributed by atoms with Crippen LogP contribution in [0.3, 0.4) is 0 Å². The molecule has 2 aliphatic rings. The molecule has 0 aromatic carbocycles. The molecule has 0 aromatic rings. The standard InChI is InChI=1S/C20H40O2Si/c1-18(2,3)23(6,7)22-15-16-11-10-14-19(16,4)20(5)13-9-8-12-17(20)21/h16-17,21H,8-15H2,1-7H3/t16-,17+,19-,20-/m0/s1. The van der Waals surface area contributed by atoms with Gasteiger partial charge in [-0.05, 0) is 60.6 Å². The third-order valence-corrected chi connectivity index (χ3v) is 12.6. The van der Waals surface area contributed by atoms with Gasteiger partial charge in [-0.3, -0.25) is 0 Å². The summed E-state index contributed by atoms with van der Waals surface area (Å²) >= 11 is 0. The smallest absolute Gasteiger partial charge is 0.191 e. The lowest BCUT2D eigenvalue weighted by Gasteiger charge is -2.53. The third kappa shape index (κ3) is 3.43. The Morgan fingerprint density at radius 3 is 2.17 bits per heavy atom. The fourth-order valence-corrected chi connectivity index (χ4v) is 5.82. The molecule has 1 N–H and O–H groups in total. The van der Waals surface area contributed by atoms with E-state index >= 15 is 0 Å². The van der Waals surface area contributed by atoms with Gasteiger partial charge in [0.05, 0.1) is 6.10 Å². The van der Waals surface area contributed by atoms with Gasteiger partial charge in [-0.2, -0.15) is 0 Å². The van der Waals surface area contributed by atoms with E-state index in [9.17, 15) is 5.11 Å². The zero-order chi connectivity index (χ0) is 17.5. The van der Waals surface area contributed by atoms with Crippen molar-refractivity contribution < 1.29 is 9.53 Å². The van der Waals surface area contributed by atoms with Crippen LogP contribution in [0.1, 0.15) is 79.6 Å². The fraction of sp³-hybridized carbons (Fsp3) is 1.00. The first kappa shape index (κ1) is 19.5. The minimum Gasteiger partial charge on any atom is -0.417 e. The molecular formula is C20H40O2Si. The summed E-state index contributed by atoms with van der Waals surface area (Å²) in [6.07, 6.45) is 8.33. The van der Waals surface area contributed by atoms with E-state index in [4.69, 9.17) is 4.43 Å². The average Bonchev–Trinajstić information content (AvgIpc) is 2.82. The second-order valence-corrected chi connectivity index (χ2v) is 15.1.